The van der Waals surface area contributed by atoms with E-state index in [1.807, 2.05) is 35.8 Å². The standard InChI is InChI=1S/C22H25FN4OS/c1-5-29-21-26-25-19(27(21)18-12-10-17(23)11-13-18)14-24-20(28)15-6-8-16(9-7-15)22(2,3)4/h6-13H,5,14H2,1-4H3,(H,24,28). The smallest absolute Gasteiger partial charge is 0.251 e. The van der Waals surface area contributed by atoms with Gasteiger partial charge < -0.3 is 5.32 Å². The van der Waals surface area contributed by atoms with Gasteiger partial charge in [0.05, 0.1) is 6.54 Å². The first-order valence-electron chi connectivity index (χ1n) is 9.51. The predicted octanol–water partition coefficient (Wildman–Crippen LogP) is 4.75. The van der Waals surface area contributed by atoms with Crippen LogP contribution in [0.25, 0.3) is 5.69 Å². The second-order valence-corrected chi connectivity index (χ2v) is 8.88. The fourth-order valence-electron chi connectivity index (χ4n) is 2.87. The number of rotatable bonds is 6. The number of carbonyl (C=O) groups excluding carboxylic acids is 1. The van der Waals surface area contributed by atoms with Crippen LogP contribution in [0.15, 0.2) is 53.7 Å². The average molecular weight is 413 g/mol. The molecule has 152 valence electrons. The first-order valence-corrected chi connectivity index (χ1v) is 10.5. The third-order valence-corrected chi connectivity index (χ3v) is 5.29. The van der Waals surface area contributed by atoms with E-state index < -0.39 is 0 Å². The minimum atomic E-state index is -0.305. The molecule has 5 nitrogen and oxygen atoms in total. The van der Waals surface area contributed by atoms with E-state index in [0.717, 1.165) is 11.4 Å². The number of hydrogen-bond donors (Lipinski definition) is 1. The van der Waals surface area contributed by atoms with Gasteiger partial charge in [-0.2, -0.15) is 0 Å². The van der Waals surface area contributed by atoms with Crippen LogP contribution in [0.3, 0.4) is 0 Å². The van der Waals surface area contributed by atoms with Gasteiger partial charge in [-0.3, -0.25) is 9.36 Å². The van der Waals surface area contributed by atoms with E-state index in [1.165, 1.54) is 29.5 Å². The summed E-state index contributed by atoms with van der Waals surface area (Å²) in [7, 11) is 0. The number of carbonyl (C=O) groups is 1. The number of hydrogen-bond acceptors (Lipinski definition) is 4. The van der Waals surface area contributed by atoms with Gasteiger partial charge in [-0.25, -0.2) is 4.39 Å². The van der Waals surface area contributed by atoms with Gasteiger partial charge in [0.2, 0.25) is 0 Å². The predicted molar refractivity (Wildman–Crippen MR) is 114 cm³/mol. The lowest BCUT2D eigenvalue weighted by Gasteiger charge is -2.19. The molecule has 2 aromatic carbocycles. The molecule has 1 heterocycles. The molecule has 3 rings (SSSR count). The Balaban J connectivity index is 1.78. The van der Waals surface area contributed by atoms with Gasteiger partial charge >= 0.3 is 0 Å². The normalized spacial score (nSPS) is 11.5. The van der Waals surface area contributed by atoms with Gasteiger partial charge in [0.25, 0.3) is 5.91 Å². The highest BCUT2D eigenvalue weighted by atomic mass is 32.2. The molecule has 1 N–H and O–H groups in total. The van der Waals surface area contributed by atoms with E-state index in [-0.39, 0.29) is 23.7 Å². The maximum absolute atomic E-state index is 13.3. The van der Waals surface area contributed by atoms with E-state index >= 15 is 0 Å². The molecule has 0 saturated heterocycles. The number of benzene rings is 2. The van der Waals surface area contributed by atoms with Crippen molar-refractivity contribution in [2.24, 2.45) is 0 Å². The number of halogens is 1. The zero-order chi connectivity index (χ0) is 21.0. The van der Waals surface area contributed by atoms with Gasteiger partial charge in [0.1, 0.15) is 5.82 Å². The molecule has 1 amide bonds. The third-order valence-electron chi connectivity index (χ3n) is 4.48. The van der Waals surface area contributed by atoms with Crippen molar-refractivity contribution < 1.29 is 9.18 Å². The van der Waals surface area contributed by atoms with Crippen molar-refractivity contribution in [3.8, 4) is 5.69 Å². The summed E-state index contributed by atoms with van der Waals surface area (Å²) in [4.78, 5) is 12.6. The van der Waals surface area contributed by atoms with Crippen molar-refractivity contribution >= 4 is 17.7 Å². The lowest BCUT2D eigenvalue weighted by atomic mass is 9.87. The fraction of sp³-hybridized carbons (Fsp3) is 0.318. The van der Waals surface area contributed by atoms with Crippen LogP contribution in [0.1, 0.15) is 49.4 Å². The summed E-state index contributed by atoms with van der Waals surface area (Å²) in [5.41, 5.74) is 2.56. The van der Waals surface area contributed by atoms with Crippen molar-refractivity contribution in [3.63, 3.8) is 0 Å². The molecule has 29 heavy (non-hydrogen) atoms. The molecule has 0 radical (unpaired) electrons. The minimum absolute atomic E-state index is 0.0356. The van der Waals surface area contributed by atoms with E-state index in [2.05, 4.69) is 36.3 Å². The van der Waals surface area contributed by atoms with Crippen LogP contribution in [-0.4, -0.2) is 26.4 Å². The van der Waals surface area contributed by atoms with Gasteiger partial charge in [-0.05, 0) is 53.1 Å². The summed E-state index contributed by atoms with van der Waals surface area (Å²) in [6.45, 7) is 8.65. The van der Waals surface area contributed by atoms with Crippen LogP contribution in [0.4, 0.5) is 4.39 Å². The summed E-state index contributed by atoms with van der Waals surface area (Å²) >= 11 is 1.54. The second kappa shape index (κ2) is 8.78. The van der Waals surface area contributed by atoms with Crippen LogP contribution >= 0.6 is 11.8 Å². The molecular weight excluding hydrogens is 387 g/mol. The zero-order valence-corrected chi connectivity index (χ0v) is 17.9. The van der Waals surface area contributed by atoms with E-state index in [0.29, 0.717) is 16.5 Å². The summed E-state index contributed by atoms with van der Waals surface area (Å²) in [6.07, 6.45) is 0. The van der Waals surface area contributed by atoms with Crippen molar-refractivity contribution in [1.82, 2.24) is 20.1 Å². The van der Waals surface area contributed by atoms with Crippen molar-refractivity contribution in [1.29, 1.82) is 0 Å². The summed E-state index contributed by atoms with van der Waals surface area (Å²) < 4.78 is 15.2. The van der Waals surface area contributed by atoms with Gasteiger partial charge in [0.15, 0.2) is 11.0 Å². The molecule has 3 aromatic rings. The van der Waals surface area contributed by atoms with Crippen molar-refractivity contribution in [2.75, 3.05) is 5.75 Å². The van der Waals surface area contributed by atoms with E-state index in [4.69, 9.17) is 0 Å². The SMILES string of the molecule is CCSc1nnc(CNC(=O)c2ccc(C(C)(C)C)cc2)n1-c1ccc(F)cc1. The van der Waals surface area contributed by atoms with Crippen LogP contribution in [0.5, 0.6) is 0 Å². The number of amides is 1. The highest BCUT2D eigenvalue weighted by Gasteiger charge is 2.17. The van der Waals surface area contributed by atoms with E-state index in [9.17, 15) is 9.18 Å². The highest BCUT2D eigenvalue weighted by molar-refractivity contribution is 7.99. The topological polar surface area (TPSA) is 59.8 Å². The summed E-state index contributed by atoms with van der Waals surface area (Å²) in [5, 5.41) is 12.1. The largest absolute Gasteiger partial charge is 0.345 e. The minimum Gasteiger partial charge on any atom is -0.345 e. The van der Waals surface area contributed by atoms with Crippen LogP contribution < -0.4 is 5.32 Å². The molecule has 0 saturated carbocycles. The molecule has 7 heteroatoms. The first-order chi connectivity index (χ1) is 13.8. The molecule has 0 spiro atoms. The van der Waals surface area contributed by atoms with Crippen LogP contribution in [0, 0.1) is 5.82 Å². The molecule has 0 aliphatic carbocycles. The Morgan fingerprint density at radius 3 is 2.31 bits per heavy atom. The molecule has 0 bridgehead atoms. The Labute approximate surface area is 174 Å². The van der Waals surface area contributed by atoms with Crippen molar-refractivity contribution in [3.05, 3.63) is 71.3 Å². The first kappa shape index (κ1) is 21.0. The monoisotopic (exact) mass is 412 g/mol. The Morgan fingerprint density at radius 1 is 1.07 bits per heavy atom. The van der Waals surface area contributed by atoms with Gasteiger partial charge in [-0.1, -0.05) is 51.6 Å². The number of aromatic nitrogens is 3. The van der Waals surface area contributed by atoms with Gasteiger partial charge in [0, 0.05) is 11.3 Å². The number of nitrogens with zero attached hydrogens (tertiary/aromatic N) is 3. The zero-order valence-electron chi connectivity index (χ0n) is 17.1. The maximum atomic E-state index is 13.3. The molecule has 1 aromatic heterocycles. The molecule has 0 aliphatic rings. The Kier molecular flexibility index (Phi) is 6.37. The molecule has 0 atom stereocenters. The molecular formula is C22H25FN4OS. The van der Waals surface area contributed by atoms with Crippen molar-refractivity contribution in [2.45, 2.75) is 44.8 Å². The summed E-state index contributed by atoms with van der Waals surface area (Å²) in [5.74, 6) is 0.933. The highest BCUT2D eigenvalue weighted by Crippen LogP contribution is 2.23. The summed E-state index contributed by atoms with van der Waals surface area (Å²) in [6, 6.07) is 13.8. The average Bonchev–Trinajstić information content (AvgIpc) is 3.09. The molecule has 0 aliphatic heterocycles. The Morgan fingerprint density at radius 2 is 1.72 bits per heavy atom. The number of thioether (sulfide) groups is 1. The second-order valence-electron chi connectivity index (χ2n) is 7.65. The third kappa shape index (κ3) is 5.03. The Hall–Kier alpha value is -2.67. The Bertz CT molecular complexity index is 976. The van der Waals surface area contributed by atoms with Gasteiger partial charge in [-0.15, -0.1) is 10.2 Å². The lowest BCUT2D eigenvalue weighted by Crippen LogP contribution is -2.25. The lowest BCUT2D eigenvalue weighted by molar-refractivity contribution is 0.0949. The molecule has 0 unspecified atom stereocenters. The quantitative estimate of drug-likeness (QED) is 0.594. The van der Waals surface area contributed by atoms with Crippen LogP contribution in [-0.2, 0) is 12.0 Å². The van der Waals surface area contributed by atoms with E-state index in [1.54, 1.807) is 12.1 Å². The molecule has 0 fully saturated rings. The van der Waals surface area contributed by atoms with Crippen LogP contribution in [0.2, 0.25) is 0 Å². The number of nitrogens with one attached hydrogen (secondary N) is 1. The fourth-order valence-corrected chi connectivity index (χ4v) is 3.57. The maximum Gasteiger partial charge on any atom is 0.251 e.